The van der Waals surface area contributed by atoms with E-state index < -0.39 is 5.54 Å². The molecule has 0 radical (unpaired) electrons. The second-order valence-electron chi connectivity index (χ2n) is 6.66. The standard InChI is InChI=1S/C15H26N2O2/c1-2-19-12-10-11(14(12)6-5-7-14)17-13(18)15(16)8-3-4-9-15/h11-12H,2-10,16H2,1H3,(H,17,18). The molecule has 3 N–H and O–H groups in total. The zero-order valence-corrected chi connectivity index (χ0v) is 11.9. The maximum absolute atomic E-state index is 12.4. The number of nitrogens with two attached hydrogens (primary N) is 1. The average molecular weight is 266 g/mol. The Bertz CT molecular complexity index is 359. The summed E-state index contributed by atoms with van der Waals surface area (Å²) in [4.78, 5) is 12.4. The van der Waals surface area contributed by atoms with Crippen molar-refractivity contribution < 1.29 is 9.53 Å². The lowest BCUT2D eigenvalue weighted by molar-refractivity contribution is -0.177. The van der Waals surface area contributed by atoms with Crippen LogP contribution in [0, 0.1) is 5.41 Å². The predicted octanol–water partition coefficient (Wildman–Crippen LogP) is 1.72. The summed E-state index contributed by atoms with van der Waals surface area (Å²) in [5, 5.41) is 3.24. The lowest BCUT2D eigenvalue weighted by Crippen LogP contribution is -2.70. The van der Waals surface area contributed by atoms with Crippen LogP contribution in [0.1, 0.15) is 58.3 Å². The zero-order valence-electron chi connectivity index (χ0n) is 11.9. The van der Waals surface area contributed by atoms with E-state index >= 15 is 0 Å². The minimum Gasteiger partial charge on any atom is -0.378 e. The molecule has 3 aliphatic rings. The quantitative estimate of drug-likeness (QED) is 0.814. The van der Waals surface area contributed by atoms with Crippen LogP contribution in [-0.2, 0) is 9.53 Å². The van der Waals surface area contributed by atoms with Gasteiger partial charge in [-0.1, -0.05) is 19.3 Å². The minimum absolute atomic E-state index is 0.0798. The summed E-state index contributed by atoms with van der Waals surface area (Å²) in [7, 11) is 0. The van der Waals surface area contributed by atoms with Crippen molar-refractivity contribution in [2.24, 2.45) is 11.1 Å². The normalized spacial score (nSPS) is 34.6. The van der Waals surface area contributed by atoms with E-state index in [0.29, 0.717) is 12.1 Å². The van der Waals surface area contributed by atoms with Gasteiger partial charge in [0.25, 0.3) is 0 Å². The first-order valence-electron chi connectivity index (χ1n) is 7.82. The summed E-state index contributed by atoms with van der Waals surface area (Å²) in [5.74, 6) is 0.0798. The Kier molecular flexibility index (Phi) is 3.34. The summed E-state index contributed by atoms with van der Waals surface area (Å²) < 4.78 is 5.82. The third kappa shape index (κ3) is 2.00. The Hall–Kier alpha value is -0.610. The highest BCUT2D eigenvalue weighted by Gasteiger charge is 2.60. The number of amides is 1. The first kappa shape index (κ1) is 13.4. The molecule has 19 heavy (non-hydrogen) atoms. The molecule has 2 unspecified atom stereocenters. The predicted molar refractivity (Wildman–Crippen MR) is 73.6 cm³/mol. The molecule has 0 bridgehead atoms. The van der Waals surface area contributed by atoms with E-state index in [0.717, 1.165) is 38.7 Å². The Morgan fingerprint density at radius 1 is 1.26 bits per heavy atom. The molecule has 3 rings (SSSR count). The Morgan fingerprint density at radius 3 is 2.47 bits per heavy atom. The topological polar surface area (TPSA) is 64.3 Å². The first-order chi connectivity index (χ1) is 9.11. The van der Waals surface area contributed by atoms with Crippen LogP contribution in [0.15, 0.2) is 0 Å². The van der Waals surface area contributed by atoms with E-state index in [1.54, 1.807) is 0 Å². The number of hydrogen-bond acceptors (Lipinski definition) is 3. The van der Waals surface area contributed by atoms with Gasteiger partial charge in [-0.15, -0.1) is 0 Å². The van der Waals surface area contributed by atoms with Gasteiger partial charge in [0.2, 0.25) is 5.91 Å². The van der Waals surface area contributed by atoms with Crippen molar-refractivity contribution in [2.75, 3.05) is 6.61 Å². The van der Waals surface area contributed by atoms with Crippen molar-refractivity contribution in [2.45, 2.75) is 76.0 Å². The molecular formula is C15H26N2O2. The number of rotatable bonds is 4. The van der Waals surface area contributed by atoms with Gasteiger partial charge in [-0.3, -0.25) is 4.79 Å². The second kappa shape index (κ2) is 4.74. The summed E-state index contributed by atoms with van der Waals surface area (Å²) in [5.41, 5.74) is 5.87. The molecule has 0 aromatic rings. The molecule has 0 heterocycles. The SMILES string of the molecule is CCOC1CC(NC(=O)C2(N)CCCC2)C12CCC2. The van der Waals surface area contributed by atoms with Crippen LogP contribution < -0.4 is 11.1 Å². The van der Waals surface area contributed by atoms with Crippen molar-refractivity contribution in [3.05, 3.63) is 0 Å². The summed E-state index contributed by atoms with van der Waals surface area (Å²) in [6, 6.07) is 0.298. The lowest BCUT2D eigenvalue weighted by Gasteiger charge is -2.61. The van der Waals surface area contributed by atoms with Crippen LogP contribution in [0.2, 0.25) is 0 Å². The van der Waals surface area contributed by atoms with Crippen molar-refractivity contribution in [3.8, 4) is 0 Å². The van der Waals surface area contributed by atoms with Crippen LogP contribution in [0.3, 0.4) is 0 Å². The first-order valence-corrected chi connectivity index (χ1v) is 7.82. The van der Waals surface area contributed by atoms with E-state index in [9.17, 15) is 4.79 Å². The minimum atomic E-state index is -0.596. The Labute approximate surface area is 115 Å². The van der Waals surface area contributed by atoms with Gasteiger partial charge in [0.1, 0.15) is 0 Å². The number of hydrogen-bond donors (Lipinski definition) is 2. The number of carbonyl (C=O) groups excluding carboxylic acids is 1. The van der Waals surface area contributed by atoms with Crippen LogP contribution in [0.4, 0.5) is 0 Å². The van der Waals surface area contributed by atoms with Gasteiger partial charge in [0.15, 0.2) is 0 Å². The van der Waals surface area contributed by atoms with Crippen LogP contribution in [-0.4, -0.2) is 30.2 Å². The van der Waals surface area contributed by atoms with Gasteiger partial charge in [-0.2, -0.15) is 0 Å². The van der Waals surface area contributed by atoms with Gasteiger partial charge >= 0.3 is 0 Å². The Balaban J connectivity index is 1.60. The average Bonchev–Trinajstić information content (AvgIpc) is 2.73. The van der Waals surface area contributed by atoms with E-state index in [-0.39, 0.29) is 11.3 Å². The van der Waals surface area contributed by atoms with E-state index in [1.807, 2.05) is 6.92 Å². The summed E-state index contributed by atoms with van der Waals surface area (Å²) in [6.45, 7) is 2.82. The molecular weight excluding hydrogens is 240 g/mol. The van der Waals surface area contributed by atoms with E-state index in [4.69, 9.17) is 10.5 Å². The molecule has 0 saturated heterocycles. The molecule has 0 aliphatic heterocycles. The van der Waals surface area contributed by atoms with Crippen molar-refractivity contribution in [3.63, 3.8) is 0 Å². The molecule has 4 heteroatoms. The molecule has 3 fully saturated rings. The molecule has 108 valence electrons. The highest BCUT2D eigenvalue weighted by atomic mass is 16.5. The number of carbonyl (C=O) groups is 1. The van der Waals surface area contributed by atoms with Gasteiger partial charge in [-0.05, 0) is 39.0 Å². The molecule has 3 saturated carbocycles. The number of nitrogens with one attached hydrogen (secondary N) is 1. The maximum Gasteiger partial charge on any atom is 0.240 e. The van der Waals surface area contributed by atoms with Gasteiger partial charge < -0.3 is 15.8 Å². The third-order valence-corrected chi connectivity index (χ3v) is 5.69. The molecule has 0 aromatic heterocycles. The van der Waals surface area contributed by atoms with Gasteiger partial charge in [0, 0.05) is 18.1 Å². The maximum atomic E-state index is 12.4. The molecule has 1 amide bonds. The van der Waals surface area contributed by atoms with Gasteiger partial charge in [0.05, 0.1) is 11.6 Å². The third-order valence-electron chi connectivity index (χ3n) is 5.69. The fourth-order valence-electron chi connectivity index (χ4n) is 4.18. The van der Waals surface area contributed by atoms with E-state index in [2.05, 4.69) is 5.32 Å². The highest BCUT2D eigenvalue weighted by Crippen LogP contribution is 2.57. The highest BCUT2D eigenvalue weighted by molar-refractivity contribution is 5.86. The second-order valence-corrected chi connectivity index (χ2v) is 6.66. The Morgan fingerprint density at radius 2 is 1.95 bits per heavy atom. The van der Waals surface area contributed by atoms with Crippen LogP contribution in [0.25, 0.3) is 0 Å². The largest absolute Gasteiger partial charge is 0.378 e. The van der Waals surface area contributed by atoms with Crippen LogP contribution in [0.5, 0.6) is 0 Å². The van der Waals surface area contributed by atoms with E-state index in [1.165, 1.54) is 19.3 Å². The summed E-state index contributed by atoms with van der Waals surface area (Å²) in [6.07, 6.45) is 8.83. The number of ether oxygens (including phenoxy) is 1. The monoisotopic (exact) mass is 266 g/mol. The van der Waals surface area contributed by atoms with Gasteiger partial charge in [-0.25, -0.2) is 0 Å². The molecule has 2 atom stereocenters. The fraction of sp³-hybridized carbons (Fsp3) is 0.933. The van der Waals surface area contributed by atoms with Crippen molar-refractivity contribution in [1.82, 2.24) is 5.32 Å². The smallest absolute Gasteiger partial charge is 0.240 e. The van der Waals surface area contributed by atoms with Crippen molar-refractivity contribution >= 4 is 5.91 Å². The fourth-order valence-corrected chi connectivity index (χ4v) is 4.18. The molecule has 3 aliphatic carbocycles. The summed E-state index contributed by atoms with van der Waals surface area (Å²) >= 11 is 0. The lowest BCUT2D eigenvalue weighted by atomic mass is 9.51. The molecule has 4 nitrogen and oxygen atoms in total. The molecule has 0 aromatic carbocycles. The molecule has 1 spiro atoms. The van der Waals surface area contributed by atoms with Crippen LogP contribution >= 0.6 is 0 Å². The zero-order chi connectivity index (χ0) is 13.5. The van der Waals surface area contributed by atoms with Crippen molar-refractivity contribution in [1.29, 1.82) is 0 Å².